The lowest BCUT2D eigenvalue weighted by molar-refractivity contribution is -0.156. The fraction of sp³-hybridized carbons (Fsp3) is 0.458. The van der Waals surface area contributed by atoms with Gasteiger partial charge in [-0.05, 0) is 39.3 Å². The number of halogens is 1. The minimum Gasteiger partial charge on any atom is -0.386 e. The minimum atomic E-state index is -0.894. The zero-order valence-corrected chi connectivity index (χ0v) is 19.3. The maximum atomic E-state index is 14.9. The number of nitrogens with one attached hydrogen (secondary N) is 1. The molecule has 2 aromatic heterocycles. The van der Waals surface area contributed by atoms with E-state index in [1.54, 1.807) is 25.1 Å². The molecule has 2 aliphatic rings. The molecule has 0 saturated carbocycles. The number of pyridine rings is 1. The Labute approximate surface area is 195 Å². The van der Waals surface area contributed by atoms with Crippen LogP contribution in [0.25, 0.3) is 22.2 Å². The van der Waals surface area contributed by atoms with Crippen LogP contribution in [0.2, 0.25) is 0 Å². The number of nitrogens with zero attached hydrogens (tertiary/aromatic N) is 3. The SMILES string of the molecule is Cc1c(CN)n(C(C)C)c2cc(-c3nc(N[C@@H]4C[C@H]5CO[C@H](O5)[C@H]4O)ncc3F)ccc2c1=O. The molecule has 3 aromatic rings. The molecule has 34 heavy (non-hydrogen) atoms. The van der Waals surface area contributed by atoms with Crippen molar-refractivity contribution in [3.63, 3.8) is 0 Å². The van der Waals surface area contributed by atoms with E-state index in [1.807, 2.05) is 18.4 Å². The van der Waals surface area contributed by atoms with Crippen LogP contribution in [-0.4, -0.2) is 50.8 Å². The van der Waals surface area contributed by atoms with Gasteiger partial charge in [0.1, 0.15) is 11.8 Å². The predicted octanol–water partition coefficient (Wildman–Crippen LogP) is 2.23. The first-order valence-corrected chi connectivity index (χ1v) is 11.4. The van der Waals surface area contributed by atoms with Gasteiger partial charge in [0.25, 0.3) is 0 Å². The smallest absolute Gasteiger partial charge is 0.223 e. The van der Waals surface area contributed by atoms with Crippen molar-refractivity contribution in [1.29, 1.82) is 0 Å². The van der Waals surface area contributed by atoms with E-state index >= 15 is 0 Å². The molecule has 0 spiro atoms. The standard InChI is InChI=1S/C24H28FN5O4/c1-11(2)30-18-6-13(4-5-15(18)21(31)12(3)19(30)8-26)20-16(25)9-27-24(29-20)28-17-7-14-10-33-23(34-14)22(17)32/h4-6,9,11,14,17,22-23,32H,7-8,10,26H2,1-3H3,(H,27,28,29)/t14-,17+,22-,23+/m0/s1. The summed E-state index contributed by atoms with van der Waals surface area (Å²) in [6, 6.07) is 4.80. The number of aromatic nitrogens is 3. The van der Waals surface area contributed by atoms with Crippen molar-refractivity contribution in [2.24, 2.45) is 5.73 Å². The number of rotatable bonds is 5. The highest BCUT2D eigenvalue weighted by molar-refractivity contribution is 5.85. The molecule has 2 fully saturated rings. The van der Waals surface area contributed by atoms with Crippen LogP contribution in [0.5, 0.6) is 0 Å². The maximum absolute atomic E-state index is 14.9. The zero-order chi connectivity index (χ0) is 24.1. The number of fused-ring (bicyclic) bond motifs is 3. The summed E-state index contributed by atoms with van der Waals surface area (Å²) in [4.78, 5) is 21.4. The first-order valence-electron chi connectivity index (χ1n) is 11.4. The molecule has 4 atom stereocenters. The van der Waals surface area contributed by atoms with Gasteiger partial charge in [-0.25, -0.2) is 14.4 Å². The number of anilines is 1. The summed E-state index contributed by atoms with van der Waals surface area (Å²) >= 11 is 0. The number of benzene rings is 1. The third kappa shape index (κ3) is 3.76. The molecule has 10 heteroatoms. The molecule has 4 N–H and O–H groups in total. The summed E-state index contributed by atoms with van der Waals surface area (Å²) in [5.74, 6) is -0.403. The van der Waals surface area contributed by atoms with Gasteiger partial charge in [0.15, 0.2) is 17.5 Å². The average Bonchev–Trinajstić information content (AvgIpc) is 3.23. The van der Waals surface area contributed by atoms with Crippen molar-refractivity contribution in [1.82, 2.24) is 14.5 Å². The number of ether oxygens (including phenoxy) is 2. The van der Waals surface area contributed by atoms with Gasteiger partial charge >= 0.3 is 0 Å². The highest BCUT2D eigenvalue weighted by Crippen LogP contribution is 2.31. The van der Waals surface area contributed by atoms with E-state index < -0.39 is 18.2 Å². The zero-order valence-electron chi connectivity index (χ0n) is 19.3. The van der Waals surface area contributed by atoms with Crippen LogP contribution in [0.4, 0.5) is 10.3 Å². The van der Waals surface area contributed by atoms with Crippen LogP contribution in [0, 0.1) is 12.7 Å². The molecule has 0 amide bonds. The van der Waals surface area contributed by atoms with Gasteiger partial charge in [-0.15, -0.1) is 0 Å². The van der Waals surface area contributed by atoms with Crippen molar-refractivity contribution in [2.75, 3.05) is 11.9 Å². The Morgan fingerprint density at radius 3 is 2.91 bits per heavy atom. The first-order chi connectivity index (χ1) is 16.3. The topological polar surface area (TPSA) is 125 Å². The second kappa shape index (κ2) is 8.70. The number of hydrogen-bond acceptors (Lipinski definition) is 8. The lowest BCUT2D eigenvalue weighted by atomic mass is 10.0. The molecule has 0 unspecified atom stereocenters. The summed E-state index contributed by atoms with van der Waals surface area (Å²) in [7, 11) is 0. The van der Waals surface area contributed by atoms with Crippen LogP contribution in [0.1, 0.15) is 37.6 Å². The van der Waals surface area contributed by atoms with Gasteiger partial charge in [-0.2, -0.15) is 0 Å². The molecule has 2 saturated heterocycles. The molecule has 2 bridgehead atoms. The van der Waals surface area contributed by atoms with E-state index in [9.17, 15) is 14.3 Å². The fourth-order valence-corrected chi connectivity index (χ4v) is 4.91. The number of hydrogen-bond donors (Lipinski definition) is 3. The highest BCUT2D eigenvalue weighted by Gasteiger charge is 2.43. The summed E-state index contributed by atoms with van der Waals surface area (Å²) in [6.45, 7) is 6.45. The highest BCUT2D eigenvalue weighted by atomic mass is 19.1. The third-order valence-electron chi connectivity index (χ3n) is 6.59. The van der Waals surface area contributed by atoms with Crippen LogP contribution < -0.4 is 16.5 Å². The second-order valence-corrected chi connectivity index (χ2v) is 9.13. The Morgan fingerprint density at radius 1 is 1.38 bits per heavy atom. The molecule has 1 aromatic carbocycles. The Morgan fingerprint density at radius 2 is 2.18 bits per heavy atom. The molecular formula is C24H28FN5O4. The predicted molar refractivity (Wildman–Crippen MR) is 125 cm³/mol. The van der Waals surface area contributed by atoms with E-state index in [1.165, 1.54) is 0 Å². The van der Waals surface area contributed by atoms with E-state index in [-0.39, 0.29) is 41.8 Å². The van der Waals surface area contributed by atoms with Gasteiger partial charge in [0.05, 0.1) is 30.5 Å². The maximum Gasteiger partial charge on any atom is 0.223 e. The minimum absolute atomic E-state index is 0.0377. The third-order valence-corrected chi connectivity index (χ3v) is 6.59. The summed E-state index contributed by atoms with van der Waals surface area (Å²) in [6.07, 6.45) is -0.0772. The van der Waals surface area contributed by atoms with Crippen LogP contribution in [0.15, 0.2) is 29.2 Å². The quantitative estimate of drug-likeness (QED) is 0.520. The number of aliphatic hydroxyl groups excluding tert-OH is 1. The first kappa shape index (κ1) is 22.9. The van der Waals surface area contributed by atoms with Gasteiger partial charge in [0.2, 0.25) is 5.95 Å². The molecule has 0 radical (unpaired) electrons. The number of aliphatic hydroxyl groups is 1. The molecule has 5 rings (SSSR count). The van der Waals surface area contributed by atoms with Gasteiger partial charge in [0, 0.05) is 34.8 Å². The Hall–Kier alpha value is -2.92. The van der Waals surface area contributed by atoms with Crippen molar-refractivity contribution < 1.29 is 19.0 Å². The van der Waals surface area contributed by atoms with Crippen molar-refractivity contribution >= 4 is 16.9 Å². The van der Waals surface area contributed by atoms with Gasteiger partial charge < -0.3 is 30.2 Å². The van der Waals surface area contributed by atoms with E-state index in [4.69, 9.17) is 15.2 Å². The Balaban J connectivity index is 1.56. The van der Waals surface area contributed by atoms with Crippen LogP contribution in [0.3, 0.4) is 0 Å². The molecule has 180 valence electrons. The summed E-state index contributed by atoms with van der Waals surface area (Å²) < 4.78 is 27.9. The summed E-state index contributed by atoms with van der Waals surface area (Å²) in [5.41, 5.74) is 8.53. The summed E-state index contributed by atoms with van der Waals surface area (Å²) in [5, 5.41) is 14.1. The molecule has 2 aliphatic heterocycles. The van der Waals surface area contributed by atoms with E-state index in [0.29, 0.717) is 35.1 Å². The largest absolute Gasteiger partial charge is 0.386 e. The van der Waals surface area contributed by atoms with Crippen molar-refractivity contribution in [2.45, 2.75) is 64.3 Å². The Bertz CT molecular complexity index is 1310. The molecule has 4 heterocycles. The van der Waals surface area contributed by atoms with Gasteiger partial charge in [-0.1, -0.05) is 6.07 Å². The molecular weight excluding hydrogens is 441 g/mol. The molecule has 0 aliphatic carbocycles. The number of nitrogens with two attached hydrogens (primary N) is 1. The lowest BCUT2D eigenvalue weighted by Crippen LogP contribution is -2.48. The van der Waals surface area contributed by atoms with E-state index in [0.717, 1.165) is 11.9 Å². The lowest BCUT2D eigenvalue weighted by Gasteiger charge is -2.32. The van der Waals surface area contributed by atoms with Crippen LogP contribution >= 0.6 is 0 Å². The normalized spacial score (nSPS) is 24.2. The van der Waals surface area contributed by atoms with Crippen molar-refractivity contribution in [3.05, 3.63) is 51.7 Å². The second-order valence-electron chi connectivity index (χ2n) is 9.13. The fourth-order valence-electron chi connectivity index (χ4n) is 4.91. The van der Waals surface area contributed by atoms with Gasteiger partial charge in [-0.3, -0.25) is 4.79 Å². The van der Waals surface area contributed by atoms with Crippen LogP contribution in [-0.2, 0) is 16.0 Å². The average molecular weight is 470 g/mol. The van der Waals surface area contributed by atoms with E-state index in [2.05, 4.69) is 15.3 Å². The Kier molecular flexibility index (Phi) is 5.85. The monoisotopic (exact) mass is 469 g/mol. The van der Waals surface area contributed by atoms with Crippen molar-refractivity contribution in [3.8, 4) is 11.3 Å². The molecule has 9 nitrogen and oxygen atoms in total.